The molecule has 0 fully saturated rings. The van der Waals surface area contributed by atoms with E-state index < -0.39 is 17.7 Å². The van der Waals surface area contributed by atoms with Crippen LogP contribution in [-0.2, 0) is 16.0 Å². The van der Waals surface area contributed by atoms with Gasteiger partial charge in [-0.15, -0.1) is 0 Å². The minimum absolute atomic E-state index is 0.0163. The van der Waals surface area contributed by atoms with Gasteiger partial charge in [-0.2, -0.15) is 0 Å². The van der Waals surface area contributed by atoms with Crippen molar-refractivity contribution in [3.05, 3.63) is 35.4 Å². The fraction of sp³-hybridized carbons (Fsp3) is 0.500. The molecule has 100 valence electrons. The molecule has 0 saturated carbocycles. The molecule has 0 aliphatic heterocycles. The van der Waals surface area contributed by atoms with Crippen molar-refractivity contribution in [2.75, 3.05) is 6.61 Å². The zero-order valence-electron chi connectivity index (χ0n) is 10.9. The van der Waals surface area contributed by atoms with Crippen molar-refractivity contribution in [1.29, 1.82) is 0 Å². The van der Waals surface area contributed by atoms with E-state index in [4.69, 9.17) is 4.74 Å². The maximum atomic E-state index is 13.0. The highest BCUT2D eigenvalue weighted by atomic mass is 19.1. The predicted molar refractivity (Wildman–Crippen MR) is 65.3 cm³/mol. The van der Waals surface area contributed by atoms with E-state index in [1.165, 1.54) is 12.1 Å². The van der Waals surface area contributed by atoms with E-state index in [1.807, 2.05) is 20.8 Å². The van der Waals surface area contributed by atoms with Gasteiger partial charge >= 0.3 is 0 Å². The van der Waals surface area contributed by atoms with Gasteiger partial charge in [0.25, 0.3) is 0 Å². The summed E-state index contributed by atoms with van der Waals surface area (Å²) in [7, 11) is 0. The zero-order valence-corrected chi connectivity index (χ0v) is 10.9. The van der Waals surface area contributed by atoms with E-state index in [1.54, 1.807) is 0 Å². The molecule has 0 aliphatic rings. The van der Waals surface area contributed by atoms with Gasteiger partial charge in [0.2, 0.25) is 0 Å². The first kappa shape index (κ1) is 14.8. The third-order valence-electron chi connectivity index (χ3n) is 2.57. The number of ether oxygens (including phenoxy) is 1. The lowest BCUT2D eigenvalue weighted by molar-refractivity contribution is -0.132. The molecule has 4 heteroatoms. The smallest absolute Gasteiger partial charge is 0.166 e. The molecule has 18 heavy (non-hydrogen) atoms. The fourth-order valence-corrected chi connectivity index (χ4v) is 1.85. The Bertz CT molecular complexity index is 396. The van der Waals surface area contributed by atoms with Crippen LogP contribution in [0.5, 0.6) is 0 Å². The highest BCUT2D eigenvalue weighted by molar-refractivity contribution is 5.85. The van der Waals surface area contributed by atoms with Crippen LogP contribution >= 0.6 is 0 Å². The molecular weight excluding hydrogens is 238 g/mol. The third-order valence-corrected chi connectivity index (χ3v) is 2.57. The van der Waals surface area contributed by atoms with Crippen molar-refractivity contribution >= 4 is 5.78 Å². The number of halogens is 2. The number of benzene rings is 1. The molecular formula is C14H18F2O2. The summed E-state index contributed by atoms with van der Waals surface area (Å²) in [5.74, 6) is -1.46. The Morgan fingerprint density at radius 2 is 1.78 bits per heavy atom. The number of hydrogen-bond donors (Lipinski definition) is 0. The molecule has 1 atom stereocenters. The Hall–Kier alpha value is -1.29. The minimum atomic E-state index is -0.671. The number of carbonyl (C=O) groups is 1. The highest BCUT2D eigenvalue weighted by Gasteiger charge is 2.22. The molecule has 0 aliphatic carbocycles. The van der Waals surface area contributed by atoms with Gasteiger partial charge < -0.3 is 4.74 Å². The second-order valence-corrected chi connectivity index (χ2v) is 4.54. The monoisotopic (exact) mass is 256 g/mol. The molecule has 1 aromatic carbocycles. The van der Waals surface area contributed by atoms with Crippen LogP contribution in [0, 0.1) is 17.6 Å². The van der Waals surface area contributed by atoms with E-state index in [0.29, 0.717) is 12.2 Å². The molecule has 1 unspecified atom stereocenters. The van der Waals surface area contributed by atoms with Crippen LogP contribution in [0.4, 0.5) is 8.78 Å². The first-order valence-electron chi connectivity index (χ1n) is 6.03. The van der Waals surface area contributed by atoms with Gasteiger partial charge in [0.05, 0.1) is 0 Å². The molecule has 0 spiro atoms. The van der Waals surface area contributed by atoms with Crippen molar-refractivity contribution in [3.63, 3.8) is 0 Å². The van der Waals surface area contributed by atoms with Gasteiger partial charge in [-0.05, 0) is 30.5 Å². The predicted octanol–water partition coefficient (Wildman–Crippen LogP) is 3.14. The Labute approximate surface area is 106 Å². The lowest BCUT2D eigenvalue weighted by Crippen LogP contribution is -2.31. The second-order valence-electron chi connectivity index (χ2n) is 4.54. The van der Waals surface area contributed by atoms with Crippen LogP contribution in [0.1, 0.15) is 26.3 Å². The van der Waals surface area contributed by atoms with Crippen molar-refractivity contribution in [2.45, 2.75) is 33.3 Å². The van der Waals surface area contributed by atoms with E-state index in [-0.39, 0.29) is 18.1 Å². The summed E-state index contributed by atoms with van der Waals surface area (Å²) < 4.78 is 31.4. The number of hydrogen-bond acceptors (Lipinski definition) is 2. The minimum Gasteiger partial charge on any atom is -0.370 e. The summed E-state index contributed by atoms with van der Waals surface area (Å²) in [5, 5.41) is 0. The van der Waals surface area contributed by atoms with Gasteiger partial charge in [-0.3, -0.25) is 4.79 Å². The number of ketones is 1. The summed E-state index contributed by atoms with van der Waals surface area (Å²) >= 11 is 0. The Kier molecular flexibility index (Phi) is 5.41. The standard InChI is InChI=1S/C14H18F2O2/c1-4-18-14(9(2)3)13(17)7-10-5-11(15)8-12(16)6-10/h5-6,8-9,14H,4,7H2,1-3H3. The fourth-order valence-electron chi connectivity index (χ4n) is 1.85. The highest BCUT2D eigenvalue weighted by Crippen LogP contribution is 2.14. The van der Waals surface area contributed by atoms with Gasteiger partial charge in [0.15, 0.2) is 5.78 Å². The quantitative estimate of drug-likeness (QED) is 0.781. The number of rotatable bonds is 6. The Morgan fingerprint density at radius 1 is 1.22 bits per heavy atom. The molecule has 0 bridgehead atoms. The Balaban J connectivity index is 2.78. The van der Waals surface area contributed by atoms with Crippen molar-refractivity contribution in [2.24, 2.45) is 5.92 Å². The van der Waals surface area contributed by atoms with Gasteiger partial charge in [0, 0.05) is 19.1 Å². The molecule has 0 N–H and O–H groups in total. The molecule has 0 heterocycles. The topological polar surface area (TPSA) is 26.3 Å². The molecule has 2 nitrogen and oxygen atoms in total. The second kappa shape index (κ2) is 6.59. The Morgan fingerprint density at radius 3 is 2.22 bits per heavy atom. The summed E-state index contributed by atoms with van der Waals surface area (Å²) in [6, 6.07) is 3.13. The number of carbonyl (C=O) groups excluding carboxylic acids is 1. The first-order chi connectivity index (χ1) is 8.43. The van der Waals surface area contributed by atoms with E-state index in [2.05, 4.69) is 0 Å². The van der Waals surface area contributed by atoms with Crippen LogP contribution in [0.25, 0.3) is 0 Å². The van der Waals surface area contributed by atoms with Crippen LogP contribution in [0.3, 0.4) is 0 Å². The van der Waals surface area contributed by atoms with Crippen LogP contribution in [0.2, 0.25) is 0 Å². The number of Topliss-reactive ketones (excluding diaryl/α,β-unsaturated/α-hetero) is 1. The average molecular weight is 256 g/mol. The lowest BCUT2D eigenvalue weighted by atomic mass is 9.97. The molecule has 1 rings (SSSR count). The van der Waals surface area contributed by atoms with Crippen LogP contribution in [-0.4, -0.2) is 18.5 Å². The van der Waals surface area contributed by atoms with Crippen LogP contribution in [0.15, 0.2) is 18.2 Å². The van der Waals surface area contributed by atoms with Gasteiger partial charge in [-0.25, -0.2) is 8.78 Å². The summed E-state index contributed by atoms with van der Waals surface area (Å²) in [6.07, 6.45) is -0.543. The SMILES string of the molecule is CCOC(C(=O)Cc1cc(F)cc(F)c1)C(C)C. The summed E-state index contributed by atoms with van der Waals surface area (Å²) in [4.78, 5) is 12.0. The average Bonchev–Trinajstić information content (AvgIpc) is 2.23. The molecule has 1 aromatic rings. The van der Waals surface area contributed by atoms with E-state index >= 15 is 0 Å². The molecule has 0 radical (unpaired) electrons. The summed E-state index contributed by atoms with van der Waals surface area (Å²) in [5.41, 5.74) is 0.336. The van der Waals surface area contributed by atoms with E-state index in [0.717, 1.165) is 6.07 Å². The summed E-state index contributed by atoms with van der Waals surface area (Å²) in [6.45, 7) is 6.01. The zero-order chi connectivity index (χ0) is 13.7. The lowest BCUT2D eigenvalue weighted by Gasteiger charge is -2.19. The van der Waals surface area contributed by atoms with Crippen molar-refractivity contribution < 1.29 is 18.3 Å². The third kappa shape index (κ3) is 4.18. The van der Waals surface area contributed by atoms with Gasteiger partial charge in [0.1, 0.15) is 17.7 Å². The maximum absolute atomic E-state index is 13.0. The first-order valence-corrected chi connectivity index (χ1v) is 6.03. The van der Waals surface area contributed by atoms with E-state index in [9.17, 15) is 13.6 Å². The largest absolute Gasteiger partial charge is 0.370 e. The van der Waals surface area contributed by atoms with Gasteiger partial charge in [-0.1, -0.05) is 13.8 Å². The molecule has 0 aromatic heterocycles. The normalized spacial score (nSPS) is 12.8. The molecule has 0 amide bonds. The van der Waals surface area contributed by atoms with Crippen molar-refractivity contribution in [3.8, 4) is 0 Å². The van der Waals surface area contributed by atoms with Crippen molar-refractivity contribution in [1.82, 2.24) is 0 Å². The molecule has 0 saturated heterocycles. The maximum Gasteiger partial charge on any atom is 0.166 e. The van der Waals surface area contributed by atoms with Crippen LogP contribution < -0.4 is 0 Å².